The Labute approximate surface area is 150 Å². The van der Waals surface area contributed by atoms with Gasteiger partial charge >= 0.3 is 0 Å². The minimum absolute atomic E-state index is 0.141. The Hall–Kier alpha value is -2.51. The largest absolute Gasteiger partial charge is 0.496 e. The highest BCUT2D eigenvalue weighted by atomic mass is 35.5. The molecular formula is C17H16ClN3O3S. The van der Waals surface area contributed by atoms with Crippen LogP contribution in [-0.4, -0.2) is 25.7 Å². The molecule has 2 N–H and O–H groups in total. The Kier molecular flexibility index (Phi) is 4.69. The van der Waals surface area contributed by atoms with E-state index >= 15 is 0 Å². The maximum Gasteiger partial charge on any atom is 0.263 e. The number of hydrogen-bond acceptors (Lipinski definition) is 4. The lowest BCUT2D eigenvalue weighted by molar-refractivity contribution is 0.411. The third-order valence-electron chi connectivity index (χ3n) is 3.65. The summed E-state index contributed by atoms with van der Waals surface area (Å²) in [5, 5.41) is 7.44. The van der Waals surface area contributed by atoms with Gasteiger partial charge in [0.1, 0.15) is 5.75 Å². The summed E-state index contributed by atoms with van der Waals surface area (Å²) in [7, 11) is -2.21. The number of nitrogens with zero attached hydrogens (tertiary/aromatic N) is 1. The number of nitrogens with one attached hydrogen (secondary N) is 2. The number of benzene rings is 2. The Morgan fingerprint density at radius 3 is 2.48 bits per heavy atom. The van der Waals surface area contributed by atoms with Crippen molar-refractivity contribution in [3.63, 3.8) is 0 Å². The highest BCUT2D eigenvalue weighted by molar-refractivity contribution is 7.92. The number of H-pyrrole nitrogens is 1. The first-order valence-electron chi connectivity index (χ1n) is 7.38. The topological polar surface area (TPSA) is 84.1 Å². The Balaban J connectivity index is 1.84. The fourth-order valence-electron chi connectivity index (χ4n) is 2.37. The molecule has 0 amide bonds. The molecule has 3 rings (SSSR count). The molecule has 0 fully saturated rings. The maximum absolute atomic E-state index is 12.5. The van der Waals surface area contributed by atoms with Crippen LogP contribution in [0.1, 0.15) is 5.56 Å². The predicted octanol–water partition coefficient (Wildman–Crippen LogP) is 3.85. The first-order chi connectivity index (χ1) is 11.9. The van der Waals surface area contributed by atoms with E-state index in [1.165, 1.54) is 13.2 Å². The van der Waals surface area contributed by atoms with Gasteiger partial charge in [-0.15, -0.1) is 0 Å². The van der Waals surface area contributed by atoms with Crippen LogP contribution in [0.4, 0.5) is 5.82 Å². The monoisotopic (exact) mass is 377 g/mol. The van der Waals surface area contributed by atoms with Gasteiger partial charge < -0.3 is 4.74 Å². The predicted molar refractivity (Wildman–Crippen MR) is 97.6 cm³/mol. The molecule has 1 aromatic heterocycles. The molecule has 1 heterocycles. The SMILES string of the molecule is COc1ccc(S(=O)(=O)Nc2cc(-c3ccc(Cl)cc3)[nH]n2)cc1C. The molecular weight excluding hydrogens is 362 g/mol. The number of aromatic nitrogens is 2. The van der Waals surface area contributed by atoms with Crippen molar-refractivity contribution in [2.75, 3.05) is 11.8 Å². The second kappa shape index (κ2) is 6.78. The van der Waals surface area contributed by atoms with E-state index in [0.29, 0.717) is 16.5 Å². The molecule has 0 saturated carbocycles. The summed E-state index contributed by atoms with van der Waals surface area (Å²) in [5.74, 6) is 0.835. The van der Waals surface area contributed by atoms with Gasteiger partial charge in [0.05, 0.1) is 17.7 Å². The summed E-state index contributed by atoms with van der Waals surface area (Å²) in [4.78, 5) is 0.141. The summed E-state index contributed by atoms with van der Waals surface area (Å²) >= 11 is 5.87. The number of aromatic amines is 1. The number of sulfonamides is 1. The zero-order chi connectivity index (χ0) is 18.0. The fraction of sp³-hybridized carbons (Fsp3) is 0.118. The molecule has 0 aliphatic rings. The molecule has 0 unspecified atom stereocenters. The second-order valence-electron chi connectivity index (χ2n) is 5.41. The summed E-state index contributed by atoms with van der Waals surface area (Å²) in [6.45, 7) is 1.78. The molecule has 0 bridgehead atoms. The number of methoxy groups -OCH3 is 1. The average molecular weight is 378 g/mol. The highest BCUT2D eigenvalue weighted by Gasteiger charge is 2.17. The first kappa shape index (κ1) is 17.3. The van der Waals surface area contributed by atoms with E-state index in [1.807, 2.05) is 12.1 Å². The van der Waals surface area contributed by atoms with Crippen LogP contribution < -0.4 is 9.46 Å². The van der Waals surface area contributed by atoms with Gasteiger partial charge in [0.25, 0.3) is 10.0 Å². The maximum atomic E-state index is 12.5. The van der Waals surface area contributed by atoms with Gasteiger partial charge in [-0.2, -0.15) is 5.10 Å². The molecule has 6 nitrogen and oxygen atoms in total. The van der Waals surface area contributed by atoms with Crippen molar-refractivity contribution in [3.05, 3.63) is 59.1 Å². The van der Waals surface area contributed by atoms with Crippen LogP contribution in [0.5, 0.6) is 5.75 Å². The lowest BCUT2D eigenvalue weighted by Gasteiger charge is -2.08. The molecule has 0 aliphatic carbocycles. The Morgan fingerprint density at radius 2 is 1.84 bits per heavy atom. The van der Waals surface area contributed by atoms with Crippen LogP contribution in [0.15, 0.2) is 53.4 Å². The quantitative estimate of drug-likeness (QED) is 0.707. The van der Waals surface area contributed by atoms with Gasteiger partial charge in [0.2, 0.25) is 0 Å². The van der Waals surface area contributed by atoms with Crippen LogP contribution in [0.3, 0.4) is 0 Å². The van der Waals surface area contributed by atoms with Crippen molar-refractivity contribution in [3.8, 4) is 17.0 Å². The lowest BCUT2D eigenvalue weighted by Crippen LogP contribution is -2.13. The Morgan fingerprint density at radius 1 is 1.12 bits per heavy atom. The number of rotatable bonds is 5. The van der Waals surface area contributed by atoms with Crippen LogP contribution in [0.2, 0.25) is 5.02 Å². The van der Waals surface area contributed by atoms with Crippen molar-refractivity contribution >= 4 is 27.4 Å². The number of hydrogen-bond donors (Lipinski definition) is 2. The summed E-state index contributed by atoms with van der Waals surface area (Å²) in [6.07, 6.45) is 0. The van der Waals surface area contributed by atoms with E-state index in [1.54, 1.807) is 37.3 Å². The van der Waals surface area contributed by atoms with Gasteiger partial charge in [-0.25, -0.2) is 8.42 Å². The van der Waals surface area contributed by atoms with Crippen molar-refractivity contribution in [2.45, 2.75) is 11.8 Å². The van der Waals surface area contributed by atoms with Crippen molar-refractivity contribution in [1.29, 1.82) is 0 Å². The number of aryl methyl sites for hydroxylation is 1. The van der Waals surface area contributed by atoms with Gasteiger partial charge in [0.15, 0.2) is 5.82 Å². The van der Waals surface area contributed by atoms with E-state index in [2.05, 4.69) is 14.9 Å². The summed E-state index contributed by atoms with van der Waals surface area (Å²) in [5.41, 5.74) is 2.26. The molecule has 0 radical (unpaired) electrons. The molecule has 130 valence electrons. The fourth-order valence-corrected chi connectivity index (χ4v) is 3.57. The number of anilines is 1. The van der Waals surface area contributed by atoms with E-state index < -0.39 is 10.0 Å². The summed E-state index contributed by atoms with van der Waals surface area (Å²) in [6, 6.07) is 13.4. The molecule has 8 heteroatoms. The van der Waals surface area contributed by atoms with Gasteiger partial charge in [-0.05, 0) is 48.4 Å². The normalized spacial score (nSPS) is 11.3. The van der Waals surface area contributed by atoms with Gasteiger partial charge in [-0.1, -0.05) is 23.7 Å². The lowest BCUT2D eigenvalue weighted by atomic mass is 10.1. The minimum Gasteiger partial charge on any atom is -0.496 e. The van der Waals surface area contributed by atoms with Crippen LogP contribution >= 0.6 is 11.6 Å². The van der Waals surface area contributed by atoms with E-state index in [9.17, 15) is 8.42 Å². The molecule has 0 saturated heterocycles. The van der Waals surface area contributed by atoms with E-state index in [-0.39, 0.29) is 10.7 Å². The van der Waals surface area contributed by atoms with Crippen LogP contribution in [0, 0.1) is 6.92 Å². The number of halogens is 1. The molecule has 0 atom stereocenters. The second-order valence-corrected chi connectivity index (χ2v) is 7.53. The zero-order valence-electron chi connectivity index (χ0n) is 13.6. The van der Waals surface area contributed by atoms with Crippen LogP contribution in [0.25, 0.3) is 11.3 Å². The molecule has 3 aromatic rings. The molecule has 0 aliphatic heterocycles. The van der Waals surface area contributed by atoms with Gasteiger partial charge in [-0.3, -0.25) is 9.82 Å². The highest BCUT2D eigenvalue weighted by Crippen LogP contribution is 2.25. The van der Waals surface area contributed by atoms with Crippen LogP contribution in [-0.2, 0) is 10.0 Å². The summed E-state index contributed by atoms with van der Waals surface area (Å²) < 4.78 is 32.7. The van der Waals surface area contributed by atoms with Gasteiger partial charge in [0, 0.05) is 11.1 Å². The smallest absolute Gasteiger partial charge is 0.263 e. The first-order valence-corrected chi connectivity index (χ1v) is 9.24. The van der Waals surface area contributed by atoms with Crippen molar-refractivity contribution in [2.24, 2.45) is 0 Å². The van der Waals surface area contributed by atoms with Crippen molar-refractivity contribution < 1.29 is 13.2 Å². The van der Waals surface area contributed by atoms with Crippen molar-refractivity contribution in [1.82, 2.24) is 10.2 Å². The average Bonchev–Trinajstić information content (AvgIpc) is 3.03. The molecule has 0 spiro atoms. The van der Waals surface area contributed by atoms with E-state index in [0.717, 1.165) is 11.1 Å². The Bertz CT molecular complexity index is 998. The van der Waals surface area contributed by atoms with E-state index in [4.69, 9.17) is 16.3 Å². The molecule has 2 aromatic carbocycles. The minimum atomic E-state index is -3.75. The molecule has 25 heavy (non-hydrogen) atoms. The standard InChI is InChI=1S/C17H16ClN3O3S/c1-11-9-14(7-8-16(11)24-2)25(22,23)21-17-10-15(19-20-17)12-3-5-13(18)6-4-12/h3-10H,1-2H3,(H2,19,20,21). The zero-order valence-corrected chi connectivity index (χ0v) is 15.1. The number of ether oxygens (including phenoxy) is 1. The third-order valence-corrected chi connectivity index (χ3v) is 5.25. The third kappa shape index (κ3) is 3.78.